The number of rotatable bonds is 1. The van der Waals surface area contributed by atoms with Gasteiger partial charge in [-0.1, -0.05) is 20.8 Å². The predicted octanol–water partition coefficient (Wildman–Crippen LogP) is 1.27. The number of hydrogen-bond acceptors (Lipinski definition) is 3. The highest BCUT2D eigenvalue weighted by Crippen LogP contribution is 2.20. The molecule has 3 heteroatoms. The first kappa shape index (κ1) is 9.13. The zero-order valence-corrected chi connectivity index (χ0v) is 7.70. The van der Waals surface area contributed by atoms with Gasteiger partial charge in [0.1, 0.15) is 0 Å². The van der Waals surface area contributed by atoms with E-state index in [1.54, 1.807) is 6.20 Å². The summed E-state index contributed by atoms with van der Waals surface area (Å²) in [6.07, 6.45) is 1.74. The van der Waals surface area contributed by atoms with Gasteiger partial charge in [-0.2, -0.15) is 10.2 Å². The van der Waals surface area contributed by atoms with Crippen LogP contribution >= 0.6 is 0 Å². The van der Waals surface area contributed by atoms with Gasteiger partial charge >= 0.3 is 0 Å². The first-order chi connectivity index (χ1) is 5.54. The predicted molar refractivity (Wildman–Crippen MR) is 46.7 cm³/mol. The van der Waals surface area contributed by atoms with Crippen LogP contribution in [-0.2, 0) is 12.0 Å². The fraction of sp³-hybridized carbons (Fsp3) is 0.556. The van der Waals surface area contributed by atoms with Crippen LogP contribution in [0.1, 0.15) is 32.0 Å². The van der Waals surface area contributed by atoms with Gasteiger partial charge in [-0.25, -0.2) is 0 Å². The maximum absolute atomic E-state index is 8.83. The second kappa shape index (κ2) is 3.19. The molecule has 1 aromatic heterocycles. The first-order valence-electron chi connectivity index (χ1n) is 3.97. The minimum atomic E-state index is -0.0447. The molecule has 0 saturated heterocycles. The third-order valence-corrected chi connectivity index (χ3v) is 1.73. The minimum Gasteiger partial charge on any atom is -0.390 e. The largest absolute Gasteiger partial charge is 0.390 e. The molecule has 12 heavy (non-hydrogen) atoms. The van der Waals surface area contributed by atoms with Crippen molar-refractivity contribution < 1.29 is 5.11 Å². The highest BCUT2D eigenvalue weighted by Gasteiger charge is 2.14. The minimum absolute atomic E-state index is 0.0447. The van der Waals surface area contributed by atoms with E-state index in [0.29, 0.717) is 5.69 Å². The van der Waals surface area contributed by atoms with Crippen molar-refractivity contribution in [2.24, 2.45) is 0 Å². The van der Waals surface area contributed by atoms with E-state index in [2.05, 4.69) is 31.0 Å². The second-order valence-electron chi connectivity index (χ2n) is 3.84. The molecule has 1 heterocycles. The maximum atomic E-state index is 8.83. The van der Waals surface area contributed by atoms with Gasteiger partial charge < -0.3 is 5.11 Å². The van der Waals surface area contributed by atoms with Crippen molar-refractivity contribution in [2.75, 3.05) is 0 Å². The van der Waals surface area contributed by atoms with E-state index < -0.39 is 0 Å². The van der Waals surface area contributed by atoms with Gasteiger partial charge in [0.15, 0.2) is 0 Å². The van der Waals surface area contributed by atoms with E-state index in [0.717, 1.165) is 5.56 Å². The van der Waals surface area contributed by atoms with E-state index in [9.17, 15) is 0 Å². The van der Waals surface area contributed by atoms with E-state index in [4.69, 9.17) is 5.11 Å². The molecule has 0 aliphatic heterocycles. The fourth-order valence-electron chi connectivity index (χ4n) is 0.898. The van der Waals surface area contributed by atoms with Crippen LogP contribution in [0.5, 0.6) is 0 Å². The Balaban J connectivity index is 3.02. The highest BCUT2D eigenvalue weighted by molar-refractivity contribution is 5.20. The summed E-state index contributed by atoms with van der Waals surface area (Å²) >= 11 is 0. The van der Waals surface area contributed by atoms with Gasteiger partial charge in [-0.3, -0.25) is 0 Å². The standard InChI is InChI=1S/C9H14N2O/c1-9(2,3)7-4-8(6-12)11-10-5-7/h4-5,12H,6H2,1-3H3. The molecule has 1 rings (SSSR count). The van der Waals surface area contributed by atoms with Crippen LogP contribution in [0, 0.1) is 0 Å². The topological polar surface area (TPSA) is 46.0 Å². The number of hydrogen-bond donors (Lipinski definition) is 1. The molecule has 0 saturated carbocycles. The Morgan fingerprint density at radius 1 is 1.42 bits per heavy atom. The number of aromatic nitrogens is 2. The molecular formula is C9H14N2O. The second-order valence-corrected chi connectivity index (χ2v) is 3.84. The summed E-state index contributed by atoms with van der Waals surface area (Å²) in [4.78, 5) is 0. The van der Waals surface area contributed by atoms with Crippen molar-refractivity contribution in [1.82, 2.24) is 10.2 Å². The van der Waals surface area contributed by atoms with Crippen LogP contribution in [-0.4, -0.2) is 15.3 Å². The maximum Gasteiger partial charge on any atom is 0.0888 e. The molecule has 0 bridgehead atoms. The summed E-state index contributed by atoms with van der Waals surface area (Å²) < 4.78 is 0. The van der Waals surface area contributed by atoms with Crippen LogP contribution in [0.15, 0.2) is 12.3 Å². The van der Waals surface area contributed by atoms with Gasteiger partial charge in [0.05, 0.1) is 18.5 Å². The van der Waals surface area contributed by atoms with Crippen molar-refractivity contribution in [3.05, 3.63) is 23.5 Å². The van der Waals surface area contributed by atoms with Gasteiger partial charge in [-0.15, -0.1) is 0 Å². The molecule has 0 aromatic carbocycles. The molecule has 0 aliphatic carbocycles. The van der Waals surface area contributed by atoms with Gasteiger partial charge in [0.2, 0.25) is 0 Å². The molecule has 3 nitrogen and oxygen atoms in total. The average Bonchev–Trinajstić information content (AvgIpc) is 2.03. The molecule has 0 unspecified atom stereocenters. The number of aliphatic hydroxyl groups excluding tert-OH is 1. The molecule has 0 fully saturated rings. The summed E-state index contributed by atoms with van der Waals surface area (Å²) in [5, 5.41) is 16.4. The van der Waals surface area contributed by atoms with E-state index in [-0.39, 0.29) is 12.0 Å². The van der Waals surface area contributed by atoms with Crippen LogP contribution in [0.2, 0.25) is 0 Å². The molecule has 0 amide bonds. The van der Waals surface area contributed by atoms with Crippen LogP contribution in [0.3, 0.4) is 0 Å². The lowest BCUT2D eigenvalue weighted by molar-refractivity contribution is 0.275. The third kappa shape index (κ3) is 2.01. The SMILES string of the molecule is CC(C)(C)c1cnnc(CO)c1. The fourth-order valence-corrected chi connectivity index (χ4v) is 0.898. The summed E-state index contributed by atoms with van der Waals surface area (Å²) in [5.74, 6) is 0. The van der Waals surface area contributed by atoms with Gasteiger partial charge in [0, 0.05) is 0 Å². The molecule has 0 radical (unpaired) electrons. The van der Waals surface area contributed by atoms with Crippen molar-refractivity contribution in [2.45, 2.75) is 32.8 Å². The molecule has 66 valence electrons. The summed E-state index contributed by atoms with van der Waals surface area (Å²) in [6, 6.07) is 1.88. The first-order valence-corrected chi connectivity index (χ1v) is 3.97. The highest BCUT2D eigenvalue weighted by atomic mass is 16.3. The van der Waals surface area contributed by atoms with Crippen molar-refractivity contribution in [1.29, 1.82) is 0 Å². The Kier molecular flexibility index (Phi) is 2.43. The molecule has 1 aromatic rings. The Hall–Kier alpha value is -0.960. The quantitative estimate of drug-likeness (QED) is 0.683. The molecule has 0 aliphatic rings. The van der Waals surface area contributed by atoms with E-state index in [1.165, 1.54) is 0 Å². The summed E-state index contributed by atoms with van der Waals surface area (Å²) in [7, 11) is 0. The lowest BCUT2D eigenvalue weighted by atomic mass is 9.88. The Labute approximate surface area is 72.5 Å². The zero-order valence-electron chi connectivity index (χ0n) is 7.70. The Morgan fingerprint density at radius 2 is 2.08 bits per heavy atom. The number of aliphatic hydroxyl groups is 1. The molecule has 0 spiro atoms. The molecule has 1 N–H and O–H groups in total. The number of nitrogens with zero attached hydrogens (tertiary/aromatic N) is 2. The smallest absolute Gasteiger partial charge is 0.0888 e. The van der Waals surface area contributed by atoms with Crippen molar-refractivity contribution >= 4 is 0 Å². The summed E-state index contributed by atoms with van der Waals surface area (Å²) in [6.45, 7) is 6.26. The molecular weight excluding hydrogens is 152 g/mol. The van der Waals surface area contributed by atoms with Crippen LogP contribution in [0.25, 0.3) is 0 Å². The van der Waals surface area contributed by atoms with Crippen molar-refractivity contribution in [3.8, 4) is 0 Å². The van der Waals surface area contributed by atoms with Crippen molar-refractivity contribution in [3.63, 3.8) is 0 Å². The molecule has 0 atom stereocenters. The van der Waals surface area contributed by atoms with Crippen LogP contribution in [0.4, 0.5) is 0 Å². The van der Waals surface area contributed by atoms with E-state index in [1.807, 2.05) is 6.07 Å². The monoisotopic (exact) mass is 166 g/mol. The van der Waals surface area contributed by atoms with E-state index >= 15 is 0 Å². The lowest BCUT2D eigenvalue weighted by Gasteiger charge is -2.18. The van der Waals surface area contributed by atoms with Gasteiger partial charge in [-0.05, 0) is 17.0 Å². The Morgan fingerprint density at radius 3 is 2.58 bits per heavy atom. The Bertz CT molecular complexity index is 265. The zero-order chi connectivity index (χ0) is 9.19. The normalized spacial score (nSPS) is 11.7. The summed E-state index contributed by atoms with van der Waals surface area (Å²) in [5.41, 5.74) is 1.80. The van der Waals surface area contributed by atoms with Crippen LogP contribution < -0.4 is 0 Å². The lowest BCUT2D eigenvalue weighted by Crippen LogP contribution is -2.12. The third-order valence-electron chi connectivity index (χ3n) is 1.73. The average molecular weight is 166 g/mol. The van der Waals surface area contributed by atoms with Gasteiger partial charge in [0.25, 0.3) is 0 Å².